The number of aromatic nitrogens is 1. The van der Waals surface area contributed by atoms with Crippen LogP contribution in [0.4, 0.5) is 0 Å². The summed E-state index contributed by atoms with van der Waals surface area (Å²) in [4.78, 5) is 5.59. The van der Waals surface area contributed by atoms with Crippen LogP contribution in [0, 0.1) is 5.92 Å². The SMILES string of the molecule is CC1C=CC(Sc2ccccn2)=CC1. The first-order chi connectivity index (χ1) is 6.84. The summed E-state index contributed by atoms with van der Waals surface area (Å²) < 4.78 is 0. The minimum absolute atomic E-state index is 0.683. The van der Waals surface area contributed by atoms with Crippen molar-refractivity contribution >= 4 is 11.8 Å². The van der Waals surface area contributed by atoms with Crippen molar-refractivity contribution in [2.75, 3.05) is 0 Å². The summed E-state index contributed by atoms with van der Waals surface area (Å²) in [6.45, 7) is 2.23. The number of allylic oxidation sites excluding steroid dienone is 3. The van der Waals surface area contributed by atoms with E-state index in [2.05, 4.69) is 30.1 Å². The minimum Gasteiger partial charge on any atom is -0.250 e. The van der Waals surface area contributed by atoms with Crippen molar-refractivity contribution in [2.24, 2.45) is 5.92 Å². The summed E-state index contributed by atoms with van der Waals surface area (Å²) in [5.74, 6) is 0.683. The van der Waals surface area contributed by atoms with Crippen LogP contribution in [-0.2, 0) is 0 Å². The molecule has 1 aliphatic carbocycles. The molecule has 0 saturated carbocycles. The van der Waals surface area contributed by atoms with Crippen LogP contribution in [0.3, 0.4) is 0 Å². The number of nitrogens with zero attached hydrogens (tertiary/aromatic N) is 1. The molecule has 0 N–H and O–H groups in total. The largest absolute Gasteiger partial charge is 0.250 e. The summed E-state index contributed by atoms with van der Waals surface area (Å²) in [7, 11) is 0. The van der Waals surface area contributed by atoms with Crippen LogP contribution in [0.5, 0.6) is 0 Å². The van der Waals surface area contributed by atoms with Crippen LogP contribution in [0.2, 0.25) is 0 Å². The molecule has 0 fully saturated rings. The second kappa shape index (κ2) is 4.47. The molecule has 2 rings (SSSR count). The zero-order chi connectivity index (χ0) is 9.80. The number of hydrogen-bond donors (Lipinski definition) is 0. The summed E-state index contributed by atoms with van der Waals surface area (Å²) >= 11 is 1.73. The van der Waals surface area contributed by atoms with Gasteiger partial charge in [-0.05, 0) is 24.5 Å². The Morgan fingerprint density at radius 3 is 3.00 bits per heavy atom. The third-order valence-electron chi connectivity index (χ3n) is 2.14. The highest BCUT2D eigenvalue weighted by Crippen LogP contribution is 2.29. The van der Waals surface area contributed by atoms with Gasteiger partial charge in [-0.1, -0.05) is 43.0 Å². The van der Waals surface area contributed by atoms with Gasteiger partial charge in [-0.3, -0.25) is 0 Å². The average Bonchev–Trinajstić information content (AvgIpc) is 2.23. The topological polar surface area (TPSA) is 12.9 Å². The molecular formula is C12H13NS. The quantitative estimate of drug-likeness (QED) is 0.727. The minimum atomic E-state index is 0.683. The Morgan fingerprint density at radius 1 is 1.43 bits per heavy atom. The van der Waals surface area contributed by atoms with Crippen LogP contribution >= 0.6 is 11.8 Å². The Kier molecular flexibility index (Phi) is 3.04. The number of pyridine rings is 1. The fourth-order valence-corrected chi connectivity index (χ4v) is 2.14. The molecule has 1 atom stereocenters. The molecule has 0 saturated heterocycles. The summed E-state index contributed by atoms with van der Waals surface area (Å²) in [6.07, 6.45) is 9.70. The standard InChI is InChI=1S/C12H13NS/c1-10-5-7-11(8-6-10)14-12-4-2-3-9-13-12/h2-5,7-10H,6H2,1H3. The fourth-order valence-electron chi connectivity index (χ4n) is 1.31. The fraction of sp³-hybridized carbons (Fsp3) is 0.250. The second-order valence-corrected chi connectivity index (χ2v) is 4.54. The second-order valence-electron chi connectivity index (χ2n) is 3.45. The van der Waals surface area contributed by atoms with Gasteiger partial charge in [-0.2, -0.15) is 0 Å². The van der Waals surface area contributed by atoms with Gasteiger partial charge in [-0.15, -0.1) is 0 Å². The lowest BCUT2D eigenvalue weighted by Gasteiger charge is -2.10. The third-order valence-corrected chi connectivity index (χ3v) is 3.13. The van der Waals surface area contributed by atoms with Crippen LogP contribution in [-0.4, -0.2) is 4.98 Å². The van der Waals surface area contributed by atoms with Gasteiger partial charge in [0, 0.05) is 11.1 Å². The highest BCUT2D eigenvalue weighted by molar-refractivity contribution is 8.03. The lowest BCUT2D eigenvalue weighted by atomic mass is 10.0. The van der Waals surface area contributed by atoms with Gasteiger partial charge in [0.15, 0.2) is 0 Å². The van der Waals surface area contributed by atoms with Gasteiger partial charge < -0.3 is 0 Å². The predicted octanol–water partition coefficient (Wildman–Crippen LogP) is 3.65. The maximum absolute atomic E-state index is 4.28. The van der Waals surface area contributed by atoms with Crippen LogP contribution < -0.4 is 0 Å². The van der Waals surface area contributed by atoms with E-state index in [4.69, 9.17) is 0 Å². The Hall–Kier alpha value is -1.02. The molecule has 0 aliphatic heterocycles. The molecule has 14 heavy (non-hydrogen) atoms. The highest BCUT2D eigenvalue weighted by Gasteiger charge is 2.04. The van der Waals surface area contributed by atoms with Crippen LogP contribution in [0.25, 0.3) is 0 Å². The summed E-state index contributed by atoms with van der Waals surface area (Å²) in [5, 5.41) is 1.07. The monoisotopic (exact) mass is 203 g/mol. The normalized spacial score (nSPS) is 20.6. The molecule has 1 unspecified atom stereocenters. The molecule has 72 valence electrons. The van der Waals surface area contributed by atoms with E-state index < -0.39 is 0 Å². The molecule has 1 nitrogen and oxygen atoms in total. The Balaban J connectivity index is 2.03. The Bertz CT molecular complexity index is 354. The summed E-state index contributed by atoms with van der Waals surface area (Å²) in [5.41, 5.74) is 0. The van der Waals surface area contributed by atoms with Crippen LogP contribution in [0.15, 0.2) is 52.6 Å². The molecule has 1 aliphatic rings. The maximum atomic E-state index is 4.28. The van der Waals surface area contributed by atoms with E-state index in [-0.39, 0.29) is 0 Å². The van der Waals surface area contributed by atoms with Gasteiger partial charge in [0.05, 0.1) is 0 Å². The first-order valence-corrected chi connectivity index (χ1v) is 5.63. The highest BCUT2D eigenvalue weighted by atomic mass is 32.2. The van der Waals surface area contributed by atoms with Gasteiger partial charge in [0.1, 0.15) is 5.03 Å². The van der Waals surface area contributed by atoms with Crippen molar-refractivity contribution in [1.29, 1.82) is 0 Å². The molecule has 1 heterocycles. The van der Waals surface area contributed by atoms with E-state index in [1.54, 1.807) is 11.8 Å². The zero-order valence-corrected chi connectivity index (χ0v) is 9.00. The van der Waals surface area contributed by atoms with E-state index in [0.717, 1.165) is 11.4 Å². The molecule has 0 aromatic carbocycles. The van der Waals surface area contributed by atoms with Crippen molar-refractivity contribution in [1.82, 2.24) is 4.98 Å². The maximum Gasteiger partial charge on any atom is 0.101 e. The van der Waals surface area contributed by atoms with Gasteiger partial charge in [0.2, 0.25) is 0 Å². The molecular weight excluding hydrogens is 190 g/mol. The first kappa shape index (κ1) is 9.53. The van der Waals surface area contributed by atoms with E-state index in [9.17, 15) is 0 Å². The Morgan fingerprint density at radius 2 is 2.36 bits per heavy atom. The molecule has 0 bridgehead atoms. The zero-order valence-electron chi connectivity index (χ0n) is 8.18. The van der Waals surface area contributed by atoms with Crippen molar-refractivity contribution < 1.29 is 0 Å². The Labute approximate surface area is 88.9 Å². The number of rotatable bonds is 2. The number of hydrogen-bond acceptors (Lipinski definition) is 2. The van der Waals surface area contributed by atoms with Crippen molar-refractivity contribution in [3.05, 3.63) is 47.5 Å². The van der Waals surface area contributed by atoms with E-state index >= 15 is 0 Å². The van der Waals surface area contributed by atoms with Gasteiger partial charge in [0.25, 0.3) is 0 Å². The molecule has 0 amide bonds. The molecule has 0 radical (unpaired) electrons. The van der Waals surface area contributed by atoms with Gasteiger partial charge >= 0.3 is 0 Å². The van der Waals surface area contributed by atoms with Crippen molar-refractivity contribution in [3.8, 4) is 0 Å². The predicted molar refractivity (Wildman–Crippen MR) is 61.1 cm³/mol. The van der Waals surface area contributed by atoms with E-state index in [1.165, 1.54) is 4.91 Å². The first-order valence-electron chi connectivity index (χ1n) is 4.82. The molecule has 1 aromatic heterocycles. The number of thioether (sulfide) groups is 1. The van der Waals surface area contributed by atoms with Crippen molar-refractivity contribution in [2.45, 2.75) is 18.4 Å². The van der Waals surface area contributed by atoms with E-state index in [1.807, 2.05) is 24.4 Å². The molecule has 1 aromatic rings. The third kappa shape index (κ3) is 2.48. The van der Waals surface area contributed by atoms with Gasteiger partial charge in [-0.25, -0.2) is 4.98 Å². The van der Waals surface area contributed by atoms with Crippen molar-refractivity contribution in [3.63, 3.8) is 0 Å². The average molecular weight is 203 g/mol. The summed E-state index contributed by atoms with van der Waals surface area (Å²) in [6, 6.07) is 6.00. The lowest BCUT2D eigenvalue weighted by molar-refractivity contribution is 0.735. The lowest BCUT2D eigenvalue weighted by Crippen LogP contribution is -1.92. The molecule has 2 heteroatoms. The smallest absolute Gasteiger partial charge is 0.101 e. The van der Waals surface area contributed by atoms with Crippen LogP contribution in [0.1, 0.15) is 13.3 Å². The van der Waals surface area contributed by atoms with E-state index in [0.29, 0.717) is 5.92 Å². The molecule has 0 spiro atoms.